The number of hydrogen-bond acceptors (Lipinski definition) is 0. The molecule has 0 unspecified atom stereocenters. The van der Waals surface area contributed by atoms with Crippen molar-refractivity contribution in [2.75, 3.05) is 0 Å². The summed E-state index contributed by atoms with van der Waals surface area (Å²) in [7, 11) is 0. The van der Waals surface area contributed by atoms with Gasteiger partial charge in [0.2, 0.25) is 0 Å². The summed E-state index contributed by atoms with van der Waals surface area (Å²) in [6.45, 7) is 0. The van der Waals surface area contributed by atoms with Gasteiger partial charge in [-0.3, -0.25) is 0 Å². The summed E-state index contributed by atoms with van der Waals surface area (Å²) in [6, 6.07) is 7.88. The van der Waals surface area contributed by atoms with Crippen LogP contribution in [0.2, 0.25) is 0 Å². The zero-order chi connectivity index (χ0) is 9.42. The Morgan fingerprint density at radius 1 is 1.08 bits per heavy atom. The minimum atomic E-state index is -1.17. The third-order valence-electron chi connectivity index (χ3n) is 1.69. The molecular weight excluding hydrogens is 177 g/mol. The standard InChI is InChI=1S/C10H3F3/c11-8-3-1-2-6-4-9(12)10(13)5-7(6)8/h1,3-4H. The third kappa shape index (κ3) is 1.26. The monoisotopic (exact) mass is 180 g/mol. The molecule has 0 aliphatic carbocycles. The molecule has 0 fully saturated rings. The highest BCUT2D eigenvalue weighted by Crippen LogP contribution is 2.19. The maximum absolute atomic E-state index is 13.0. The van der Waals surface area contributed by atoms with Crippen LogP contribution in [0.1, 0.15) is 0 Å². The molecule has 0 aliphatic rings. The Morgan fingerprint density at radius 3 is 2.62 bits per heavy atom. The molecule has 0 nitrogen and oxygen atoms in total. The first kappa shape index (κ1) is 8.10. The molecule has 0 saturated carbocycles. The van der Waals surface area contributed by atoms with Crippen LogP contribution in [-0.4, -0.2) is 0 Å². The second-order valence-electron chi connectivity index (χ2n) is 2.55. The lowest BCUT2D eigenvalue weighted by Gasteiger charge is -1.98. The van der Waals surface area contributed by atoms with Crippen molar-refractivity contribution in [3.8, 4) is 0 Å². The van der Waals surface area contributed by atoms with E-state index in [4.69, 9.17) is 0 Å². The molecule has 2 rings (SSSR count). The third-order valence-corrected chi connectivity index (χ3v) is 1.69. The van der Waals surface area contributed by atoms with Crippen LogP contribution in [-0.2, 0) is 0 Å². The maximum Gasteiger partial charge on any atom is 0.167 e. The average Bonchev–Trinajstić information content (AvgIpc) is 2.09. The van der Waals surface area contributed by atoms with Crippen LogP contribution in [0.4, 0.5) is 13.2 Å². The summed E-state index contributed by atoms with van der Waals surface area (Å²) >= 11 is 0. The second-order valence-corrected chi connectivity index (χ2v) is 2.55. The molecule has 13 heavy (non-hydrogen) atoms. The Kier molecular flexibility index (Phi) is 1.72. The first-order valence-electron chi connectivity index (χ1n) is 3.55. The van der Waals surface area contributed by atoms with Gasteiger partial charge in [0, 0.05) is 11.5 Å². The smallest absolute Gasteiger partial charge is 0.167 e. The van der Waals surface area contributed by atoms with Crippen LogP contribution in [0.25, 0.3) is 10.8 Å². The molecule has 0 aliphatic heterocycles. The number of rotatable bonds is 0. The Hall–Kier alpha value is -1.51. The molecule has 0 saturated heterocycles. The second kappa shape index (κ2) is 2.76. The van der Waals surface area contributed by atoms with Crippen LogP contribution in [0, 0.1) is 29.6 Å². The topological polar surface area (TPSA) is 0 Å². The quantitative estimate of drug-likeness (QED) is 0.584. The van der Waals surface area contributed by atoms with Crippen molar-refractivity contribution in [3.05, 3.63) is 47.8 Å². The van der Waals surface area contributed by atoms with Gasteiger partial charge in [0.1, 0.15) is 5.82 Å². The molecule has 0 aromatic heterocycles. The van der Waals surface area contributed by atoms with Gasteiger partial charge in [0.05, 0.1) is 0 Å². The zero-order valence-corrected chi connectivity index (χ0v) is 6.37. The van der Waals surface area contributed by atoms with Crippen LogP contribution in [0.15, 0.2) is 18.2 Å². The van der Waals surface area contributed by atoms with Crippen molar-refractivity contribution >= 4 is 10.8 Å². The van der Waals surface area contributed by atoms with Gasteiger partial charge in [-0.05, 0) is 23.6 Å². The number of hydrogen-bond donors (Lipinski definition) is 0. The minimum absolute atomic E-state index is 0.0820. The summed E-state index contributed by atoms with van der Waals surface area (Å²) in [6.07, 6.45) is 0. The number of halogens is 3. The van der Waals surface area contributed by atoms with E-state index in [0.717, 1.165) is 12.1 Å². The predicted molar refractivity (Wildman–Crippen MR) is 41.5 cm³/mol. The summed E-state index contributed by atoms with van der Waals surface area (Å²) in [5.74, 6) is -2.85. The molecule has 0 heterocycles. The average molecular weight is 180 g/mol. The van der Waals surface area contributed by atoms with E-state index in [1.165, 1.54) is 6.07 Å². The molecule has 0 bridgehead atoms. The Balaban J connectivity index is 2.89. The van der Waals surface area contributed by atoms with E-state index in [1.54, 1.807) is 0 Å². The highest BCUT2D eigenvalue weighted by Gasteiger charge is 2.07. The van der Waals surface area contributed by atoms with Crippen LogP contribution < -0.4 is 0 Å². The summed E-state index contributed by atoms with van der Waals surface area (Å²) in [4.78, 5) is 0. The van der Waals surface area contributed by atoms with Gasteiger partial charge < -0.3 is 0 Å². The molecule has 0 amide bonds. The minimum Gasteiger partial charge on any atom is -0.206 e. The van der Waals surface area contributed by atoms with E-state index in [1.807, 2.05) is 6.07 Å². The van der Waals surface area contributed by atoms with E-state index in [2.05, 4.69) is 6.07 Å². The molecule has 2 aromatic rings. The fourth-order valence-electron chi connectivity index (χ4n) is 1.09. The number of benzene rings is 2. The van der Waals surface area contributed by atoms with Crippen molar-refractivity contribution in [1.82, 2.24) is 0 Å². The summed E-state index contributed by atoms with van der Waals surface area (Å²) < 4.78 is 38.2. The van der Waals surface area contributed by atoms with Gasteiger partial charge >= 0.3 is 0 Å². The predicted octanol–water partition coefficient (Wildman–Crippen LogP) is 2.86. The first-order valence-corrected chi connectivity index (χ1v) is 3.55. The van der Waals surface area contributed by atoms with E-state index >= 15 is 0 Å². The normalized spacial score (nSPS) is 10.7. The summed E-state index contributed by atoms with van der Waals surface area (Å²) in [5, 5.41) is 0.0975. The van der Waals surface area contributed by atoms with Crippen LogP contribution in [0.5, 0.6) is 0 Å². The van der Waals surface area contributed by atoms with Crippen molar-refractivity contribution < 1.29 is 13.2 Å². The molecule has 0 N–H and O–H groups in total. The summed E-state index contributed by atoms with van der Waals surface area (Å²) in [5.41, 5.74) is 0. The lowest BCUT2D eigenvalue weighted by atomic mass is 10.1. The fourth-order valence-corrected chi connectivity index (χ4v) is 1.09. The molecule has 0 spiro atoms. The van der Waals surface area contributed by atoms with Crippen molar-refractivity contribution in [1.29, 1.82) is 0 Å². The lowest BCUT2D eigenvalue weighted by molar-refractivity contribution is 0.508. The van der Waals surface area contributed by atoms with Crippen molar-refractivity contribution in [2.45, 2.75) is 0 Å². The van der Waals surface area contributed by atoms with Gasteiger partial charge in [-0.2, -0.15) is 0 Å². The van der Waals surface area contributed by atoms with Crippen LogP contribution in [0.3, 0.4) is 0 Å². The molecular formula is C10H3F3. The molecule has 2 radical (unpaired) electrons. The Morgan fingerprint density at radius 2 is 1.85 bits per heavy atom. The lowest BCUT2D eigenvalue weighted by Crippen LogP contribution is -1.87. The van der Waals surface area contributed by atoms with Gasteiger partial charge in [-0.25, -0.2) is 13.2 Å². The van der Waals surface area contributed by atoms with Crippen LogP contribution >= 0.6 is 0 Å². The molecule has 2 aromatic carbocycles. The molecule has 0 atom stereocenters. The van der Waals surface area contributed by atoms with Crippen molar-refractivity contribution in [3.63, 3.8) is 0 Å². The van der Waals surface area contributed by atoms with E-state index < -0.39 is 17.5 Å². The van der Waals surface area contributed by atoms with Gasteiger partial charge in [-0.1, -0.05) is 6.07 Å². The maximum atomic E-state index is 13.0. The molecule has 3 heteroatoms. The van der Waals surface area contributed by atoms with E-state index in [-0.39, 0.29) is 10.8 Å². The Labute approximate surface area is 72.6 Å². The van der Waals surface area contributed by atoms with Crippen molar-refractivity contribution in [2.24, 2.45) is 0 Å². The van der Waals surface area contributed by atoms with Gasteiger partial charge in [-0.15, -0.1) is 0 Å². The highest BCUT2D eigenvalue weighted by molar-refractivity contribution is 5.81. The fraction of sp³-hybridized carbons (Fsp3) is 0. The molecule has 64 valence electrons. The zero-order valence-electron chi connectivity index (χ0n) is 6.37. The first-order chi connectivity index (χ1) is 6.18. The highest BCUT2D eigenvalue weighted by atomic mass is 19.2. The Bertz CT molecular complexity index is 463. The largest absolute Gasteiger partial charge is 0.206 e. The van der Waals surface area contributed by atoms with E-state index in [9.17, 15) is 13.2 Å². The van der Waals surface area contributed by atoms with E-state index in [0.29, 0.717) is 0 Å². The van der Waals surface area contributed by atoms with Gasteiger partial charge in [0.15, 0.2) is 11.6 Å². The number of fused-ring (bicyclic) bond motifs is 1. The SMILES string of the molecule is Fc1[c]c2c(F)cc[c]c2cc1F. The van der Waals surface area contributed by atoms with Gasteiger partial charge in [0.25, 0.3) is 0 Å².